The van der Waals surface area contributed by atoms with Crippen LogP contribution in [0.15, 0.2) is 18.2 Å². The van der Waals surface area contributed by atoms with E-state index in [0.717, 1.165) is 25.9 Å². The number of aryl methyl sites for hydroxylation is 2. The van der Waals surface area contributed by atoms with E-state index in [2.05, 4.69) is 56.5 Å². The van der Waals surface area contributed by atoms with E-state index in [9.17, 15) is 4.79 Å². The first-order valence-electron chi connectivity index (χ1n) is 7.51. The zero-order chi connectivity index (χ0) is 14.8. The molecule has 1 heterocycles. The van der Waals surface area contributed by atoms with E-state index in [1.807, 2.05) is 0 Å². The number of hydrogen-bond donors (Lipinski definition) is 2. The van der Waals surface area contributed by atoms with Crippen molar-refractivity contribution in [1.82, 2.24) is 10.6 Å². The van der Waals surface area contributed by atoms with Gasteiger partial charge in [0.25, 0.3) is 0 Å². The summed E-state index contributed by atoms with van der Waals surface area (Å²) in [7, 11) is 0. The third-order valence-corrected chi connectivity index (χ3v) is 4.49. The molecule has 0 aliphatic carbocycles. The number of carbonyl (C=O) groups excluding carboxylic acids is 1. The second kappa shape index (κ2) is 5.96. The van der Waals surface area contributed by atoms with Gasteiger partial charge in [0, 0.05) is 5.41 Å². The second-order valence-corrected chi connectivity index (χ2v) is 6.37. The Balaban J connectivity index is 2.07. The third-order valence-electron chi connectivity index (χ3n) is 4.49. The monoisotopic (exact) mass is 274 g/mol. The number of amides is 1. The Morgan fingerprint density at radius 3 is 2.55 bits per heavy atom. The van der Waals surface area contributed by atoms with Crippen LogP contribution in [0.4, 0.5) is 0 Å². The first-order chi connectivity index (χ1) is 9.42. The van der Waals surface area contributed by atoms with Crippen LogP contribution in [-0.4, -0.2) is 19.0 Å². The van der Waals surface area contributed by atoms with Crippen molar-refractivity contribution in [3.63, 3.8) is 0 Å². The van der Waals surface area contributed by atoms with Crippen molar-refractivity contribution in [3.05, 3.63) is 34.9 Å². The first kappa shape index (κ1) is 15.0. The highest BCUT2D eigenvalue weighted by Gasteiger charge is 2.35. The van der Waals surface area contributed by atoms with Crippen molar-refractivity contribution in [2.45, 2.75) is 46.6 Å². The fourth-order valence-corrected chi connectivity index (χ4v) is 2.97. The molecule has 1 atom stereocenters. The van der Waals surface area contributed by atoms with Crippen molar-refractivity contribution in [2.24, 2.45) is 5.41 Å². The van der Waals surface area contributed by atoms with Gasteiger partial charge in [0.1, 0.15) is 0 Å². The van der Waals surface area contributed by atoms with E-state index in [-0.39, 0.29) is 17.4 Å². The zero-order valence-corrected chi connectivity index (χ0v) is 13.0. The molecule has 1 amide bonds. The molecule has 2 rings (SSSR count). The topological polar surface area (TPSA) is 41.1 Å². The predicted molar refractivity (Wildman–Crippen MR) is 82.7 cm³/mol. The molecule has 2 N–H and O–H groups in total. The average molecular weight is 274 g/mol. The van der Waals surface area contributed by atoms with E-state index in [1.165, 1.54) is 16.7 Å². The van der Waals surface area contributed by atoms with Gasteiger partial charge in [-0.25, -0.2) is 0 Å². The van der Waals surface area contributed by atoms with Crippen molar-refractivity contribution >= 4 is 5.91 Å². The number of rotatable bonds is 3. The maximum atomic E-state index is 12.5. The van der Waals surface area contributed by atoms with Crippen LogP contribution >= 0.6 is 0 Å². The van der Waals surface area contributed by atoms with Crippen LogP contribution < -0.4 is 10.6 Å². The standard InChI is InChI=1S/C17H26N2O/c1-12-5-6-15(13(2)11-12)14(3)19-16(20)17(4)7-9-18-10-8-17/h5-6,11,14,18H,7-10H2,1-4H3,(H,19,20). The van der Waals surface area contributed by atoms with Gasteiger partial charge in [0.2, 0.25) is 5.91 Å². The van der Waals surface area contributed by atoms with Gasteiger partial charge < -0.3 is 10.6 Å². The molecule has 0 saturated carbocycles. The van der Waals surface area contributed by atoms with Gasteiger partial charge in [-0.1, -0.05) is 30.7 Å². The molecule has 0 bridgehead atoms. The van der Waals surface area contributed by atoms with Crippen LogP contribution in [0.5, 0.6) is 0 Å². The van der Waals surface area contributed by atoms with E-state index >= 15 is 0 Å². The molecule has 0 radical (unpaired) electrons. The molecule has 1 aromatic carbocycles. The molecular formula is C17H26N2O. The smallest absolute Gasteiger partial charge is 0.226 e. The quantitative estimate of drug-likeness (QED) is 0.890. The predicted octanol–water partition coefficient (Wildman–Crippen LogP) is 2.87. The Kier molecular flexibility index (Phi) is 4.48. The highest BCUT2D eigenvalue weighted by atomic mass is 16.2. The van der Waals surface area contributed by atoms with Gasteiger partial charge in [-0.3, -0.25) is 4.79 Å². The fraction of sp³-hybridized carbons (Fsp3) is 0.588. The summed E-state index contributed by atoms with van der Waals surface area (Å²) < 4.78 is 0. The minimum atomic E-state index is -0.224. The van der Waals surface area contributed by atoms with Crippen LogP contribution in [0.3, 0.4) is 0 Å². The lowest BCUT2D eigenvalue weighted by molar-refractivity contribution is -0.132. The molecular weight excluding hydrogens is 248 g/mol. The number of benzene rings is 1. The Hall–Kier alpha value is -1.35. The average Bonchev–Trinajstić information content (AvgIpc) is 2.39. The van der Waals surface area contributed by atoms with Crippen LogP contribution in [0.1, 0.15) is 49.4 Å². The third kappa shape index (κ3) is 3.21. The van der Waals surface area contributed by atoms with Gasteiger partial charge in [-0.2, -0.15) is 0 Å². The minimum Gasteiger partial charge on any atom is -0.349 e. The van der Waals surface area contributed by atoms with Crippen LogP contribution in [0.2, 0.25) is 0 Å². The van der Waals surface area contributed by atoms with E-state index in [4.69, 9.17) is 0 Å². The molecule has 0 spiro atoms. The van der Waals surface area contributed by atoms with Crippen molar-refractivity contribution < 1.29 is 4.79 Å². The summed E-state index contributed by atoms with van der Waals surface area (Å²) in [6.07, 6.45) is 1.83. The van der Waals surface area contributed by atoms with Gasteiger partial charge in [0.15, 0.2) is 0 Å². The summed E-state index contributed by atoms with van der Waals surface area (Å²) in [5.41, 5.74) is 3.49. The van der Waals surface area contributed by atoms with E-state index in [1.54, 1.807) is 0 Å². The number of carbonyl (C=O) groups is 1. The first-order valence-corrected chi connectivity index (χ1v) is 7.51. The molecule has 1 aliphatic heterocycles. The molecule has 3 nitrogen and oxygen atoms in total. The lowest BCUT2D eigenvalue weighted by Crippen LogP contribution is -2.46. The fourth-order valence-electron chi connectivity index (χ4n) is 2.97. The summed E-state index contributed by atoms with van der Waals surface area (Å²) in [5, 5.41) is 6.52. The number of hydrogen-bond acceptors (Lipinski definition) is 2. The Morgan fingerprint density at radius 2 is 1.95 bits per heavy atom. The lowest BCUT2D eigenvalue weighted by atomic mass is 9.80. The molecule has 3 heteroatoms. The van der Waals surface area contributed by atoms with Gasteiger partial charge >= 0.3 is 0 Å². The molecule has 1 fully saturated rings. The van der Waals surface area contributed by atoms with Gasteiger partial charge in [-0.05, 0) is 57.8 Å². The number of nitrogens with one attached hydrogen (secondary N) is 2. The molecule has 20 heavy (non-hydrogen) atoms. The van der Waals surface area contributed by atoms with Gasteiger partial charge in [0.05, 0.1) is 6.04 Å². The molecule has 1 aliphatic rings. The molecule has 1 unspecified atom stereocenters. The summed E-state index contributed by atoms with van der Waals surface area (Å²) >= 11 is 0. The molecule has 1 saturated heterocycles. The minimum absolute atomic E-state index is 0.0646. The van der Waals surface area contributed by atoms with E-state index in [0.29, 0.717) is 0 Å². The second-order valence-electron chi connectivity index (χ2n) is 6.37. The highest BCUT2D eigenvalue weighted by molar-refractivity contribution is 5.82. The summed E-state index contributed by atoms with van der Waals surface area (Å²) in [5.74, 6) is 0.187. The zero-order valence-electron chi connectivity index (χ0n) is 13.0. The summed E-state index contributed by atoms with van der Waals surface area (Å²) in [6, 6.07) is 6.47. The van der Waals surface area contributed by atoms with Crippen LogP contribution in [-0.2, 0) is 4.79 Å². The maximum Gasteiger partial charge on any atom is 0.226 e. The molecule has 0 aromatic heterocycles. The van der Waals surface area contributed by atoms with Crippen molar-refractivity contribution in [1.29, 1.82) is 0 Å². The highest BCUT2D eigenvalue weighted by Crippen LogP contribution is 2.29. The molecule has 110 valence electrons. The van der Waals surface area contributed by atoms with Crippen LogP contribution in [0, 0.1) is 19.3 Å². The SMILES string of the molecule is Cc1ccc(C(C)NC(=O)C2(C)CCNCC2)c(C)c1. The van der Waals surface area contributed by atoms with Crippen LogP contribution in [0.25, 0.3) is 0 Å². The van der Waals surface area contributed by atoms with Gasteiger partial charge in [-0.15, -0.1) is 0 Å². The summed E-state index contributed by atoms with van der Waals surface area (Å²) in [6.45, 7) is 10.2. The van der Waals surface area contributed by atoms with Crippen molar-refractivity contribution in [3.8, 4) is 0 Å². The Bertz CT molecular complexity index is 490. The molecule has 1 aromatic rings. The normalized spacial score (nSPS) is 19.4. The lowest BCUT2D eigenvalue weighted by Gasteiger charge is -2.34. The number of piperidine rings is 1. The maximum absolute atomic E-state index is 12.5. The van der Waals surface area contributed by atoms with Crippen molar-refractivity contribution in [2.75, 3.05) is 13.1 Å². The summed E-state index contributed by atoms with van der Waals surface area (Å²) in [4.78, 5) is 12.5. The Labute approximate surface area is 122 Å². The van der Waals surface area contributed by atoms with E-state index < -0.39 is 0 Å². The largest absolute Gasteiger partial charge is 0.349 e. The Morgan fingerprint density at radius 1 is 1.30 bits per heavy atom.